The Morgan fingerprint density at radius 2 is 2.15 bits per heavy atom. The van der Waals surface area contributed by atoms with Crippen LogP contribution in [-0.4, -0.2) is 11.0 Å². The highest BCUT2D eigenvalue weighted by Crippen LogP contribution is 2.22. The van der Waals surface area contributed by atoms with Crippen LogP contribution in [0.3, 0.4) is 0 Å². The Labute approximate surface area is 132 Å². The van der Waals surface area contributed by atoms with Crippen molar-refractivity contribution in [1.29, 1.82) is 0 Å². The zero-order valence-electron chi connectivity index (χ0n) is 11.1. The van der Waals surface area contributed by atoms with Gasteiger partial charge < -0.3 is 10.5 Å². The number of pyridine rings is 1. The quantitative estimate of drug-likeness (QED) is 0.883. The van der Waals surface area contributed by atoms with Crippen LogP contribution in [0.1, 0.15) is 18.2 Å². The molecule has 0 spiro atoms. The van der Waals surface area contributed by atoms with E-state index >= 15 is 0 Å². The van der Waals surface area contributed by atoms with Gasteiger partial charge in [0.25, 0.3) is 0 Å². The average molecular weight is 356 g/mol. The third-order valence-corrected chi connectivity index (χ3v) is 3.58. The van der Waals surface area contributed by atoms with Gasteiger partial charge in [-0.1, -0.05) is 33.6 Å². The monoisotopic (exact) mass is 354 g/mol. The number of benzene rings is 1. The van der Waals surface area contributed by atoms with Gasteiger partial charge >= 0.3 is 0 Å². The molecule has 0 aliphatic heterocycles. The first-order chi connectivity index (χ1) is 9.54. The Morgan fingerprint density at radius 3 is 2.75 bits per heavy atom. The van der Waals surface area contributed by atoms with E-state index in [9.17, 15) is 0 Å². The zero-order chi connectivity index (χ0) is 14.5. The van der Waals surface area contributed by atoms with Gasteiger partial charge in [-0.3, -0.25) is 4.98 Å². The maximum atomic E-state index is 6.14. The van der Waals surface area contributed by atoms with Gasteiger partial charge in [-0.05, 0) is 31.2 Å². The second-order valence-corrected chi connectivity index (χ2v) is 6.01. The van der Waals surface area contributed by atoms with Crippen LogP contribution in [0, 0.1) is 0 Å². The van der Waals surface area contributed by atoms with Gasteiger partial charge in [-0.25, -0.2) is 0 Å². The largest absolute Gasteiger partial charge is 0.487 e. The van der Waals surface area contributed by atoms with Crippen molar-refractivity contribution in [2.45, 2.75) is 26.0 Å². The highest BCUT2D eigenvalue weighted by Gasteiger charge is 2.04. The van der Waals surface area contributed by atoms with Gasteiger partial charge in [0, 0.05) is 33.2 Å². The fraction of sp³-hybridized carbons (Fsp3) is 0.267. The van der Waals surface area contributed by atoms with Crippen molar-refractivity contribution in [2.24, 2.45) is 5.73 Å². The molecule has 106 valence electrons. The van der Waals surface area contributed by atoms with Crippen LogP contribution < -0.4 is 10.5 Å². The maximum Gasteiger partial charge on any atom is 0.138 e. The van der Waals surface area contributed by atoms with Gasteiger partial charge in [0.15, 0.2) is 0 Å². The molecular formula is C15H16BrClN2O. The lowest BCUT2D eigenvalue weighted by Gasteiger charge is -2.09. The third-order valence-electron chi connectivity index (χ3n) is 2.74. The zero-order valence-corrected chi connectivity index (χ0v) is 13.5. The number of aromatic nitrogens is 1. The normalized spacial score (nSPS) is 12.2. The second kappa shape index (κ2) is 7.07. The van der Waals surface area contributed by atoms with Crippen molar-refractivity contribution < 1.29 is 4.74 Å². The molecule has 3 nitrogen and oxygen atoms in total. The summed E-state index contributed by atoms with van der Waals surface area (Å²) >= 11 is 9.51. The number of ether oxygens (including phenoxy) is 1. The molecule has 0 radical (unpaired) electrons. The molecule has 0 fully saturated rings. The Balaban J connectivity index is 1.96. The summed E-state index contributed by atoms with van der Waals surface area (Å²) < 4.78 is 6.63. The molecule has 2 rings (SSSR count). The van der Waals surface area contributed by atoms with Gasteiger partial charge in [-0.15, -0.1) is 0 Å². The van der Waals surface area contributed by atoms with Gasteiger partial charge in [-0.2, -0.15) is 0 Å². The molecule has 1 unspecified atom stereocenters. The molecule has 0 saturated heterocycles. The minimum Gasteiger partial charge on any atom is -0.487 e. The van der Waals surface area contributed by atoms with Crippen LogP contribution >= 0.6 is 27.5 Å². The maximum absolute atomic E-state index is 6.14. The molecule has 0 aliphatic rings. The van der Waals surface area contributed by atoms with E-state index in [1.807, 2.05) is 37.3 Å². The number of nitrogens with two attached hydrogens (primary N) is 1. The highest BCUT2D eigenvalue weighted by atomic mass is 79.9. The molecule has 2 aromatic rings. The summed E-state index contributed by atoms with van der Waals surface area (Å²) in [6.45, 7) is 2.38. The highest BCUT2D eigenvalue weighted by molar-refractivity contribution is 9.10. The fourth-order valence-corrected chi connectivity index (χ4v) is 2.47. The summed E-state index contributed by atoms with van der Waals surface area (Å²) in [5, 5.41) is 0.681. The van der Waals surface area contributed by atoms with Crippen LogP contribution in [0.5, 0.6) is 5.75 Å². The first-order valence-corrected chi connectivity index (χ1v) is 7.49. The lowest BCUT2D eigenvalue weighted by atomic mass is 10.2. The summed E-state index contributed by atoms with van der Waals surface area (Å²) in [7, 11) is 0. The number of nitrogens with zero attached hydrogens (tertiary/aromatic N) is 1. The van der Waals surface area contributed by atoms with Gasteiger partial charge in [0.05, 0.1) is 6.20 Å². The van der Waals surface area contributed by atoms with E-state index in [1.165, 1.54) is 0 Å². The van der Waals surface area contributed by atoms with E-state index in [4.69, 9.17) is 22.1 Å². The molecule has 1 aromatic heterocycles. The summed E-state index contributed by atoms with van der Waals surface area (Å²) in [5.41, 5.74) is 7.64. The fourth-order valence-electron chi connectivity index (χ4n) is 1.75. The molecule has 1 heterocycles. The molecule has 1 atom stereocenters. The van der Waals surface area contributed by atoms with Crippen LogP contribution in [0.15, 0.2) is 41.0 Å². The molecule has 20 heavy (non-hydrogen) atoms. The molecule has 0 bridgehead atoms. The first kappa shape index (κ1) is 15.3. The van der Waals surface area contributed by atoms with E-state index < -0.39 is 0 Å². The molecule has 0 saturated carbocycles. The Kier molecular flexibility index (Phi) is 5.40. The number of hydrogen-bond acceptors (Lipinski definition) is 3. The van der Waals surface area contributed by atoms with Crippen molar-refractivity contribution in [3.8, 4) is 5.75 Å². The molecular weight excluding hydrogens is 340 g/mol. The predicted octanol–water partition coefficient (Wildman–Crippen LogP) is 3.97. The SMILES string of the molecule is CC(N)Cc1ccc(OCc2ccc(Br)cc2Cl)cn1. The summed E-state index contributed by atoms with van der Waals surface area (Å²) in [6.07, 6.45) is 2.48. The van der Waals surface area contributed by atoms with E-state index in [0.29, 0.717) is 11.6 Å². The van der Waals surface area contributed by atoms with Gasteiger partial charge in [0.2, 0.25) is 0 Å². The van der Waals surface area contributed by atoms with Crippen LogP contribution in [0.4, 0.5) is 0 Å². The molecule has 5 heteroatoms. The Bertz CT molecular complexity index is 573. The lowest BCUT2D eigenvalue weighted by molar-refractivity contribution is 0.305. The summed E-state index contributed by atoms with van der Waals surface area (Å²) in [5.74, 6) is 0.720. The van der Waals surface area contributed by atoms with Crippen LogP contribution in [-0.2, 0) is 13.0 Å². The minimum atomic E-state index is 0.107. The molecule has 0 amide bonds. The van der Waals surface area contributed by atoms with Crippen molar-refractivity contribution in [2.75, 3.05) is 0 Å². The van der Waals surface area contributed by atoms with Crippen LogP contribution in [0.2, 0.25) is 5.02 Å². The van der Waals surface area contributed by atoms with Crippen molar-refractivity contribution in [1.82, 2.24) is 4.98 Å². The lowest BCUT2D eigenvalue weighted by Crippen LogP contribution is -2.18. The molecule has 0 aliphatic carbocycles. The average Bonchev–Trinajstić information content (AvgIpc) is 2.39. The smallest absolute Gasteiger partial charge is 0.138 e. The van der Waals surface area contributed by atoms with Crippen LogP contribution in [0.25, 0.3) is 0 Å². The van der Waals surface area contributed by atoms with Crippen molar-refractivity contribution in [3.05, 3.63) is 57.3 Å². The molecule has 1 aromatic carbocycles. The molecule has 2 N–H and O–H groups in total. The van der Waals surface area contributed by atoms with E-state index in [0.717, 1.165) is 27.9 Å². The standard InChI is InChI=1S/C15H16BrClN2O/c1-10(18)6-13-4-5-14(8-19-13)20-9-11-2-3-12(16)7-15(11)17/h2-5,7-8,10H,6,9,18H2,1H3. The predicted molar refractivity (Wildman–Crippen MR) is 85.1 cm³/mol. The third kappa shape index (κ3) is 4.47. The number of rotatable bonds is 5. The van der Waals surface area contributed by atoms with Crippen molar-refractivity contribution in [3.63, 3.8) is 0 Å². The summed E-state index contributed by atoms with van der Waals surface area (Å²) in [4.78, 5) is 4.32. The van der Waals surface area contributed by atoms with E-state index in [1.54, 1.807) is 6.20 Å². The van der Waals surface area contributed by atoms with E-state index in [-0.39, 0.29) is 6.04 Å². The van der Waals surface area contributed by atoms with Gasteiger partial charge in [0.1, 0.15) is 12.4 Å². The minimum absolute atomic E-state index is 0.107. The topological polar surface area (TPSA) is 48.1 Å². The Hall–Kier alpha value is -1.10. The first-order valence-electron chi connectivity index (χ1n) is 6.32. The number of hydrogen-bond donors (Lipinski definition) is 1. The van der Waals surface area contributed by atoms with Crippen molar-refractivity contribution >= 4 is 27.5 Å². The number of halogens is 2. The summed E-state index contributed by atoms with van der Waals surface area (Å²) in [6, 6.07) is 9.67. The second-order valence-electron chi connectivity index (χ2n) is 4.69. The van der Waals surface area contributed by atoms with E-state index in [2.05, 4.69) is 20.9 Å². The Morgan fingerprint density at radius 1 is 1.35 bits per heavy atom.